The van der Waals surface area contributed by atoms with Crippen LogP contribution in [0.5, 0.6) is 0 Å². The predicted octanol–water partition coefficient (Wildman–Crippen LogP) is 4.39. The molecule has 0 radical (unpaired) electrons. The second kappa shape index (κ2) is 5.45. The Morgan fingerprint density at radius 2 is 1.86 bits per heavy atom. The lowest BCUT2D eigenvalue weighted by atomic mass is 10.2. The van der Waals surface area contributed by atoms with Gasteiger partial charge in [-0.1, -0.05) is 12.1 Å². The Kier molecular flexibility index (Phi) is 3.64. The lowest BCUT2D eigenvalue weighted by Gasteiger charge is -2.10. The van der Waals surface area contributed by atoms with Gasteiger partial charge in [0.1, 0.15) is 23.1 Å². The summed E-state index contributed by atoms with van der Waals surface area (Å²) in [6.07, 6.45) is 0.434. The van der Waals surface area contributed by atoms with Crippen molar-refractivity contribution in [1.29, 1.82) is 0 Å². The number of para-hydroxylation sites is 1. The lowest BCUT2D eigenvalue weighted by molar-refractivity contribution is 0.568. The van der Waals surface area contributed by atoms with Crippen molar-refractivity contribution in [3.8, 4) is 5.69 Å². The molecule has 2 nitrogen and oxygen atoms in total. The van der Waals surface area contributed by atoms with Crippen LogP contribution in [0.4, 0.5) is 8.78 Å². The van der Waals surface area contributed by atoms with Gasteiger partial charge in [-0.3, -0.25) is 4.57 Å². The van der Waals surface area contributed by atoms with Crippen molar-refractivity contribution >= 4 is 22.6 Å². The second-order valence-electron chi connectivity index (χ2n) is 4.86. The molecule has 108 valence electrons. The normalized spacial score (nSPS) is 11.2. The number of imidazole rings is 1. The maximum Gasteiger partial charge on any atom is 0.150 e. The largest absolute Gasteiger partial charge is 0.291 e. The molecule has 1 heterocycles. The summed E-state index contributed by atoms with van der Waals surface area (Å²) in [5, 5.41) is 0. The van der Waals surface area contributed by atoms with Gasteiger partial charge < -0.3 is 0 Å². The van der Waals surface area contributed by atoms with Gasteiger partial charge in [0.25, 0.3) is 0 Å². The standard InChI is InChI=1S/C16H13ClF2N2/c1-10-5-6-14-13(9-10)20-15(7-8-17)21(14)16-11(18)3-2-4-12(16)19/h2-6,9H,7-8H2,1H3. The fourth-order valence-corrected chi connectivity index (χ4v) is 2.61. The molecule has 0 fully saturated rings. The van der Waals surface area contributed by atoms with E-state index in [1.807, 2.05) is 25.1 Å². The van der Waals surface area contributed by atoms with Crippen LogP contribution in [-0.4, -0.2) is 15.4 Å². The van der Waals surface area contributed by atoms with E-state index in [1.165, 1.54) is 22.8 Å². The zero-order chi connectivity index (χ0) is 15.0. The van der Waals surface area contributed by atoms with Crippen LogP contribution in [-0.2, 0) is 6.42 Å². The number of halogens is 3. The van der Waals surface area contributed by atoms with Crippen molar-refractivity contribution in [2.45, 2.75) is 13.3 Å². The highest BCUT2D eigenvalue weighted by Crippen LogP contribution is 2.26. The van der Waals surface area contributed by atoms with E-state index in [0.29, 0.717) is 29.2 Å². The van der Waals surface area contributed by atoms with E-state index in [4.69, 9.17) is 11.6 Å². The number of benzene rings is 2. The molecule has 5 heteroatoms. The number of fused-ring (bicyclic) bond motifs is 1. The van der Waals surface area contributed by atoms with Crippen molar-refractivity contribution in [1.82, 2.24) is 9.55 Å². The summed E-state index contributed by atoms with van der Waals surface area (Å²) in [6.45, 7) is 1.95. The van der Waals surface area contributed by atoms with Gasteiger partial charge in [-0.25, -0.2) is 13.8 Å². The van der Waals surface area contributed by atoms with Gasteiger partial charge in [0.2, 0.25) is 0 Å². The van der Waals surface area contributed by atoms with Gasteiger partial charge in [0.05, 0.1) is 11.0 Å². The molecular weight excluding hydrogens is 294 g/mol. The summed E-state index contributed by atoms with van der Waals surface area (Å²) in [6, 6.07) is 9.43. The third-order valence-corrected chi connectivity index (χ3v) is 3.55. The van der Waals surface area contributed by atoms with Gasteiger partial charge in [-0.05, 0) is 36.8 Å². The number of aryl methyl sites for hydroxylation is 2. The van der Waals surface area contributed by atoms with Gasteiger partial charge in [-0.2, -0.15) is 0 Å². The van der Waals surface area contributed by atoms with E-state index in [1.54, 1.807) is 0 Å². The van der Waals surface area contributed by atoms with Crippen LogP contribution in [0.2, 0.25) is 0 Å². The van der Waals surface area contributed by atoms with Crippen molar-refractivity contribution < 1.29 is 8.78 Å². The molecular formula is C16H13ClF2N2. The first-order valence-electron chi connectivity index (χ1n) is 6.60. The molecule has 3 aromatic rings. The third-order valence-electron chi connectivity index (χ3n) is 3.36. The molecule has 0 aliphatic heterocycles. The Morgan fingerprint density at radius 3 is 2.52 bits per heavy atom. The first-order valence-corrected chi connectivity index (χ1v) is 7.13. The maximum absolute atomic E-state index is 14.1. The SMILES string of the molecule is Cc1ccc2c(c1)nc(CCCl)n2-c1c(F)cccc1F. The molecule has 0 amide bonds. The third kappa shape index (κ3) is 2.40. The van der Waals surface area contributed by atoms with Crippen LogP contribution in [0.1, 0.15) is 11.4 Å². The summed E-state index contributed by atoms with van der Waals surface area (Å²) in [4.78, 5) is 4.47. The zero-order valence-electron chi connectivity index (χ0n) is 11.4. The Hall–Kier alpha value is -1.94. The molecule has 3 rings (SSSR count). The van der Waals surface area contributed by atoms with Crippen LogP contribution in [0.3, 0.4) is 0 Å². The van der Waals surface area contributed by atoms with Crippen molar-refractivity contribution in [3.63, 3.8) is 0 Å². The number of nitrogens with zero attached hydrogens (tertiary/aromatic N) is 2. The van der Waals surface area contributed by atoms with Crippen molar-refractivity contribution in [2.75, 3.05) is 5.88 Å². The monoisotopic (exact) mass is 306 g/mol. The van der Waals surface area contributed by atoms with Crippen molar-refractivity contribution in [3.05, 3.63) is 59.4 Å². The molecule has 0 N–H and O–H groups in total. The fraction of sp³-hybridized carbons (Fsp3) is 0.188. The van der Waals surface area contributed by atoms with E-state index in [2.05, 4.69) is 4.98 Å². The molecule has 0 saturated carbocycles. The summed E-state index contributed by atoms with van der Waals surface area (Å²) >= 11 is 5.79. The molecule has 0 atom stereocenters. The summed E-state index contributed by atoms with van der Waals surface area (Å²) in [5.41, 5.74) is 2.31. The zero-order valence-corrected chi connectivity index (χ0v) is 12.2. The molecule has 21 heavy (non-hydrogen) atoms. The lowest BCUT2D eigenvalue weighted by Crippen LogP contribution is -2.06. The van der Waals surface area contributed by atoms with Crippen LogP contribution < -0.4 is 0 Å². The number of hydrogen-bond acceptors (Lipinski definition) is 1. The Labute approximate surface area is 126 Å². The molecule has 0 spiro atoms. The predicted molar refractivity (Wildman–Crippen MR) is 80.1 cm³/mol. The Bertz CT molecular complexity index is 791. The fourth-order valence-electron chi connectivity index (χ4n) is 2.44. The molecule has 0 aliphatic rings. The quantitative estimate of drug-likeness (QED) is 0.656. The number of alkyl halides is 1. The van der Waals surface area contributed by atoms with Gasteiger partial charge >= 0.3 is 0 Å². The average molecular weight is 307 g/mol. The highest BCUT2D eigenvalue weighted by atomic mass is 35.5. The average Bonchev–Trinajstić information content (AvgIpc) is 2.77. The van der Waals surface area contributed by atoms with Crippen LogP contribution in [0.25, 0.3) is 16.7 Å². The van der Waals surface area contributed by atoms with Crippen LogP contribution >= 0.6 is 11.6 Å². The Balaban J connectivity index is 2.36. The van der Waals surface area contributed by atoms with Crippen LogP contribution in [0.15, 0.2) is 36.4 Å². The Morgan fingerprint density at radius 1 is 1.14 bits per heavy atom. The minimum Gasteiger partial charge on any atom is -0.291 e. The molecule has 0 saturated heterocycles. The van der Waals surface area contributed by atoms with Crippen molar-refractivity contribution in [2.24, 2.45) is 0 Å². The highest BCUT2D eigenvalue weighted by molar-refractivity contribution is 6.17. The van der Waals surface area contributed by atoms with Gasteiger partial charge in [0, 0.05) is 12.3 Å². The van der Waals surface area contributed by atoms with Gasteiger partial charge in [-0.15, -0.1) is 11.6 Å². The second-order valence-corrected chi connectivity index (χ2v) is 5.24. The van der Waals surface area contributed by atoms with Gasteiger partial charge in [0.15, 0.2) is 0 Å². The number of aromatic nitrogens is 2. The highest BCUT2D eigenvalue weighted by Gasteiger charge is 2.18. The minimum absolute atomic E-state index is 0.107. The molecule has 0 bridgehead atoms. The van der Waals surface area contributed by atoms with E-state index in [9.17, 15) is 8.78 Å². The minimum atomic E-state index is -0.620. The topological polar surface area (TPSA) is 17.8 Å². The maximum atomic E-state index is 14.1. The molecule has 2 aromatic carbocycles. The number of rotatable bonds is 3. The smallest absolute Gasteiger partial charge is 0.150 e. The molecule has 1 aromatic heterocycles. The molecule has 0 aliphatic carbocycles. The van der Waals surface area contributed by atoms with E-state index >= 15 is 0 Å². The van der Waals surface area contributed by atoms with E-state index in [0.717, 1.165) is 5.56 Å². The first kappa shape index (κ1) is 14.0. The first-order chi connectivity index (χ1) is 10.1. The van der Waals surface area contributed by atoms with Crippen LogP contribution in [0, 0.1) is 18.6 Å². The summed E-state index contributed by atoms with van der Waals surface area (Å²) in [5.74, 6) is -0.357. The van der Waals surface area contributed by atoms with E-state index in [-0.39, 0.29) is 5.69 Å². The summed E-state index contributed by atoms with van der Waals surface area (Å²) in [7, 11) is 0. The molecule has 0 unspecified atom stereocenters. The summed E-state index contributed by atoms with van der Waals surface area (Å²) < 4.78 is 29.8. The van der Waals surface area contributed by atoms with E-state index < -0.39 is 11.6 Å². The number of hydrogen-bond donors (Lipinski definition) is 0.